The van der Waals surface area contributed by atoms with Crippen molar-refractivity contribution in [3.63, 3.8) is 0 Å². The number of hydrogen-bond acceptors (Lipinski definition) is 2. The van der Waals surface area contributed by atoms with Crippen LogP contribution < -0.4 is 10.4 Å². The van der Waals surface area contributed by atoms with Gasteiger partial charge >= 0.3 is 7.12 Å². The third-order valence-corrected chi connectivity index (χ3v) is 12.2. The van der Waals surface area contributed by atoms with Crippen molar-refractivity contribution in [1.82, 2.24) is 0 Å². The summed E-state index contributed by atoms with van der Waals surface area (Å²) in [6, 6.07) is 22.2. The second kappa shape index (κ2) is 6.08. The van der Waals surface area contributed by atoms with Crippen LogP contribution in [-0.4, -0.2) is 26.4 Å². The van der Waals surface area contributed by atoms with Gasteiger partial charge in [0.15, 0.2) is 0 Å². The van der Waals surface area contributed by atoms with Crippen molar-refractivity contribution in [2.45, 2.75) is 63.2 Å². The Kier molecular flexibility index (Phi) is 4.22. The maximum atomic E-state index is 6.39. The van der Waals surface area contributed by atoms with E-state index in [0.29, 0.717) is 11.4 Å². The van der Waals surface area contributed by atoms with Crippen LogP contribution in [0, 0.1) is 0 Å². The van der Waals surface area contributed by atoms with Crippen LogP contribution in [0.5, 0.6) is 0 Å². The summed E-state index contributed by atoms with van der Waals surface area (Å²) in [6.07, 6.45) is 1.20. The molecule has 4 heteroatoms. The van der Waals surface area contributed by atoms with Crippen molar-refractivity contribution < 1.29 is 9.31 Å². The van der Waals surface area contributed by atoms with E-state index in [4.69, 9.17) is 9.31 Å². The molecule has 0 amide bonds. The number of benzene rings is 2. The zero-order valence-electron chi connectivity index (χ0n) is 16.5. The van der Waals surface area contributed by atoms with Gasteiger partial charge in [-0.25, -0.2) is 0 Å². The monoisotopic (exact) mass is 364 g/mol. The summed E-state index contributed by atoms with van der Waals surface area (Å²) in [5, 5.41) is 3.02. The van der Waals surface area contributed by atoms with Crippen molar-refractivity contribution in [2.75, 3.05) is 0 Å². The Balaban J connectivity index is 1.66. The highest BCUT2D eigenvalue weighted by atomic mass is 28.3. The summed E-state index contributed by atoms with van der Waals surface area (Å²) in [5.41, 5.74) is 0.159. The molecule has 4 rings (SSSR count). The summed E-state index contributed by atoms with van der Waals surface area (Å²) < 4.78 is 12.8. The first kappa shape index (κ1) is 18.0. The summed E-state index contributed by atoms with van der Waals surface area (Å²) in [5.74, 6) is 0.494. The maximum absolute atomic E-state index is 6.39. The van der Waals surface area contributed by atoms with Crippen molar-refractivity contribution in [2.24, 2.45) is 0 Å². The van der Waals surface area contributed by atoms with E-state index < -0.39 is 8.07 Å². The molecule has 0 N–H and O–H groups in total. The van der Waals surface area contributed by atoms with Gasteiger partial charge in [-0.1, -0.05) is 84.0 Å². The second-order valence-corrected chi connectivity index (χ2v) is 13.4. The zero-order chi connectivity index (χ0) is 18.6. The normalized spacial score (nSPS) is 26.7. The van der Waals surface area contributed by atoms with E-state index in [1.807, 2.05) is 0 Å². The first-order chi connectivity index (χ1) is 12.3. The summed E-state index contributed by atoms with van der Waals surface area (Å²) in [4.78, 5) is 0. The van der Waals surface area contributed by atoms with E-state index in [0.717, 1.165) is 0 Å². The first-order valence-corrected chi connectivity index (χ1v) is 12.3. The Hall–Kier alpha value is -1.36. The third kappa shape index (κ3) is 2.79. The van der Waals surface area contributed by atoms with E-state index in [1.54, 1.807) is 0 Å². The quantitative estimate of drug-likeness (QED) is 0.760. The topological polar surface area (TPSA) is 18.5 Å². The molecule has 2 atom stereocenters. The maximum Gasteiger partial charge on any atom is 0.461 e. The standard InChI is InChI=1S/C22H29BO2Si/c1-21(2)22(3,4)25-23(24-21)19-16-20(19)26(5,17-12-8-6-9-13-17)18-14-10-7-11-15-18/h6-15,19-20H,16H2,1-5H3. The van der Waals surface area contributed by atoms with E-state index >= 15 is 0 Å². The lowest BCUT2D eigenvalue weighted by molar-refractivity contribution is 0.00578. The van der Waals surface area contributed by atoms with Crippen LogP contribution in [0.2, 0.25) is 17.9 Å². The average molecular weight is 364 g/mol. The molecule has 2 unspecified atom stereocenters. The smallest absolute Gasteiger partial charge is 0.403 e. The molecule has 2 fully saturated rings. The lowest BCUT2D eigenvalue weighted by Crippen LogP contribution is -2.56. The molecule has 2 nitrogen and oxygen atoms in total. The Morgan fingerprint density at radius 1 is 0.808 bits per heavy atom. The van der Waals surface area contributed by atoms with Crippen LogP contribution in [0.25, 0.3) is 0 Å². The van der Waals surface area contributed by atoms with Gasteiger partial charge in [0, 0.05) is 0 Å². The van der Waals surface area contributed by atoms with Gasteiger partial charge in [-0.3, -0.25) is 0 Å². The lowest BCUT2D eigenvalue weighted by Gasteiger charge is -2.32. The highest BCUT2D eigenvalue weighted by molar-refractivity contribution is 7.03. The van der Waals surface area contributed by atoms with E-state index in [-0.39, 0.29) is 18.3 Å². The zero-order valence-corrected chi connectivity index (χ0v) is 17.5. The van der Waals surface area contributed by atoms with Crippen molar-refractivity contribution in [3.8, 4) is 0 Å². The minimum Gasteiger partial charge on any atom is -0.403 e. The molecule has 26 heavy (non-hydrogen) atoms. The second-order valence-electron chi connectivity index (χ2n) is 9.07. The molecule has 1 saturated heterocycles. The highest BCUT2D eigenvalue weighted by Gasteiger charge is 2.64. The fourth-order valence-corrected chi connectivity index (χ4v) is 9.12. The molecule has 0 bridgehead atoms. The van der Waals surface area contributed by atoms with Crippen LogP contribution in [0.1, 0.15) is 34.1 Å². The molecule has 0 radical (unpaired) electrons. The molecule has 2 aromatic carbocycles. The Labute approximate surface area is 159 Å². The fraction of sp³-hybridized carbons (Fsp3) is 0.455. The van der Waals surface area contributed by atoms with Crippen LogP contribution in [-0.2, 0) is 9.31 Å². The molecule has 1 aliphatic heterocycles. The molecular formula is C22H29BO2Si. The Morgan fingerprint density at radius 2 is 1.23 bits per heavy atom. The van der Waals surface area contributed by atoms with Gasteiger partial charge in [-0.15, -0.1) is 0 Å². The van der Waals surface area contributed by atoms with Gasteiger partial charge in [0.2, 0.25) is 0 Å². The Bertz CT molecular complexity index is 720. The summed E-state index contributed by atoms with van der Waals surface area (Å²) >= 11 is 0. The van der Waals surface area contributed by atoms with E-state index in [2.05, 4.69) is 94.9 Å². The number of hydrogen-bond donors (Lipinski definition) is 0. The van der Waals surface area contributed by atoms with Gasteiger partial charge < -0.3 is 9.31 Å². The molecule has 1 heterocycles. The molecule has 1 aliphatic carbocycles. The molecule has 2 aromatic rings. The summed E-state index contributed by atoms with van der Waals surface area (Å²) in [7, 11) is -1.93. The van der Waals surface area contributed by atoms with Gasteiger partial charge in [0.25, 0.3) is 0 Å². The van der Waals surface area contributed by atoms with Crippen molar-refractivity contribution in [1.29, 1.82) is 0 Å². The van der Waals surface area contributed by atoms with Gasteiger partial charge in [0.1, 0.15) is 8.07 Å². The largest absolute Gasteiger partial charge is 0.461 e. The Morgan fingerprint density at radius 3 is 1.65 bits per heavy atom. The first-order valence-electron chi connectivity index (χ1n) is 9.72. The van der Waals surface area contributed by atoms with E-state index in [9.17, 15) is 0 Å². The summed E-state index contributed by atoms with van der Waals surface area (Å²) in [6.45, 7) is 11.1. The van der Waals surface area contributed by atoms with Gasteiger partial charge in [0.05, 0.1) is 11.2 Å². The highest BCUT2D eigenvalue weighted by Crippen LogP contribution is 2.61. The van der Waals surface area contributed by atoms with Gasteiger partial charge in [-0.05, 0) is 39.1 Å². The van der Waals surface area contributed by atoms with E-state index in [1.165, 1.54) is 16.8 Å². The lowest BCUT2D eigenvalue weighted by atomic mass is 9.82. The van der Waals surface area contributed by atoms with Crippen LogP contribution in [0.4, 0.5) is 0 Å². The van der Waals surface area contributed by atoms with Gasteiger partial charge in [-0.2, -0.15) is 0 Å². The minimum atomic E-state index is -1.85. The molecular weight excluding hydrogens is 335 g/mol. The SMILES string of the molecule is CC1(C)OB(C2CC2[Si](C)(c2ccccc2)c2ccccc2)OC1(C)C. The predicted molar refractivity (Wildman–Crippen MR) is 112 cm³/mol. The number of rotatable bonds is 4. The molecule has 1 saturated carbocycles. The molecule has 0 aromatic heterocycles. The molecule has 0 spiro atoms. The minimum absolute atomic E-state index is 0.0794. The van der Waals surface area contributed by atoms with Crippen LogP contribution >= 0.6 is 0 Å². The molecule has 136 valence electrons. The van der Waals surface area contributed by atoms with Crippen LogP contribution in [0.15, 0.2) is 60.7 Å². The third-order valence-electron chi connectivity index (χ3n) is 6.95. The molecule has 2 aliphatic rings. The predicted octanol–water partition coefficient (Wildman–Crippen LogP) is 4.12. The van der Waals surface area contributed by atoms with Crippen LogP contribution in [0.3, 0.4) is 0 Å². The van der Waals surface area contributed by atoms with Crippen molar-refractivity contribution in [3.05, 3.63) is 60.7 Å². The van der Waals surface area contributed by atoms with Crippen molar-refractivity contribution >= 4 is 25.6 Å². The fourth-order valence-electron chi connectivity index (χ4n) is 4.41. The average Bonchev–Trinajstić information content (AvgIpc) is 3.39.